The van der Waals surface area contributed by atoms with Gasteiger partial charge in [-0.3, -0.25) is 9.78 Å². The summed E-state index contributed by atoms with van der Waals surface area (Å²) in [5.41, 5.74) is 3.57. The van der Waals surface area contributed by atoms with Crippen LogP contribution in [0.4, 0.5) is 0 Å². The largest absolute Gasteiger partial charge is 0.491 e. The highest BCUT2D eigenvalue weighted by atomic mass is 16.5. The zero-order valence-corrected chi connectivity index (χ0v) is 18.1. The molecule has 0 fully saturated rings. The maximum Gasteiger partial charge on any atom is 0.251 e. The van der Waals surface area contributed by atoms with Crippen LogP contribution < -0.4 is 10.1 Å². The standard InChI is InChI=1S/C26H26N4O2/c1-3-8-20-9-4-7-12-24(20)32-18-17-30-23-11-6-5-10-22(23)29-25(30)19(2)28-26(31)21-13-15-27-16-14-21/h3-7,9-16,19H,1,8,17-18H2,2H3,(H,28,31). The minimum absolute atomic E-state index is 0.159. The van der Waals surface area contributed by atoms with Crippen LogP contribution >= 0.6 is 0 Å². The molecular formula is C26H26N4O2. The highest BCUT2D eigenvalue weighted by molar-refractivity contribution is 5.94. The molecule has 0 spiro atoms. The van der Waals surface area contributed by atoms with Crippen molar-refractivity contribution in [2.45, 2.75) is 25.9 Å². The van der Waals surface area contributed by atoms with E-state index in [-0.39, 0.29) is 11.9 Å². The molecule has 2 aromatic heterocycles. The zero-order valence-electron chi connectivity index (χ0n) is 18.1. The fourth-order valence-electron chi connectivity index (χ4n) is 3.72. The molecule has 2 heterocycles. The Balaban J connectivity index is 1.54. The Hall–Kier alpha value is -3.93. The van der Waals surface area contributed by atoms with Crippen LogP contribution in [-0.4, -0.2) is 27.0 Å². The lowest BCUT2D eigenvalue weighted by Gasteiger charge is -2.17. The van der Waals surface area contributed by atoms with Gasteiger partial charge in [0.05, 0.1) is 23.6 Å². The van der Waals surface area contributed by atoms with E-state index >= 15 is 0 Å². The van der Waals surface area contributed by atoms with Gasteiger partial charge in [0, 0.05) is 18.0 Å². The Morgan fingerprint density at radius 1 is 1.12 bits per heavy atom. The number of hydrogen-bond acceptors (Lipinski definition) is 4. The van der Waals surface area contributed by atoms with E-state index in [2.05, 4.69) is 21.4 Å². The van der Waals surface area contributed by atoms with Crippen molar-refractivity contribution in [3.63, 3.8) is 0 Å². The number of hydrogen-bond donors (Lipinski definition) is 1. The van der Waals surface area contributed by atoms with E-state index in [1.807, 2.05) is 61.5 Å². The van der Waals surface area contributed by atoms with Crippen molar-refractivity contribution in [2.24, 2.45) is 0 Å². The molecule has 6 heteroatoms. The number of imidazole rings is 1. The molecule has 32 heavy (non-hydrogen) atoms. The first kappa shape index (κ1) is 21.3. The van der Waals surface area contributed by atoms with Gasteiger partial charge in [-0.05, 0) is 49.2 Å². The monoisotopic (exact) mass is 426 g/mol. The molecule has 0 saturated heterocycles. The summed E-state index contributed by atoms with van der Waals surface area (Å²) in [4.78, 5) is 21.4. The van der Waals surface area contributed by atoms with Gasteiger partial charge in [0.2, 0.25) is 0 Å². The van der Waals surface area contributed by atoms with E-state index < -0.39 is 0 Å². The van der Waals surface area contributed by atoms with E-state index in [4.69, 9.17) is 9.72 Å². The van der Waals surface area contributed by atoms with Crippen molar-refractivity contribution in [3.8, 4) is 5.75 Å². The Morgan fingerprint density at radius 2 is 1.88 bits per heavy atom. The summed E-state index contributed by atoms with van der Waals surface area (Å²) in [6.45, 7) is 6.85. The van der Waals surface area contributed by atoms with Gasteiger partial charge >= 0.3 is 0 Å². The van der Waals surface area contributed by atoms with Crippen LogP contribution in [0.1, 0.15) is 34.7 Å². The van der Waals surface area contributed by atoms with Crippen LogP contribution in [0.3, 0.4) is 0 Å². The van der Waals surface area contributed by atoms with Crippen molar-refractivity contribution < 1.29 is 9.53 Å². The zero-order chi connectivity index (χ0) is 22.3. The number of nitrogens with zero attached hydrogens (tertiary/aromatic N) is 3. The van der Waals surface area contributed by atoms with E-state index in [0.717, 1.165) is 34.6 Å². The summed E-state index contributed by atoms with van der Waals surface area (Å²) in [6, 6.07) is 19.1. The van der Waals surface area contributed by atoms with Crippen molar-refractivity contribution in [2.75, 3.05) is 6.61 Å². The maximum atomic E-state index is 12.6. The van der Waals surface area contributed by atoms with Gasteiger partial charge in [-0.2, -0.15) is 0 Å². The number of carbonyl (C=O) groups excluding carboxylic acids is 1. The van der Waals surface area contributed by atoms with Crippen LogP contribution in [0.15, 0.2) is 85.7 Å². The second-order valence-electron chi connectivity index (χ2n) is 7.49. The molecule has 1 atom stereocenters. The third-order valence-electron chi connectivity index (χ3n) is 5.27. The van der Waals surface area contributed by atoms with Crippen LogP contribution in [0.2, 0.25) is 0 Å². The third kappa shape index (κ3) is 4.70. The van der Waals surface area contributed by atoms with Crippen LogP contribution in [-0.2, 0) is 13.0 Å². The molecule has 1 unspecified atom stereocenters. The Morgan fingerprint density at radius 3 is 2.69 bits per heavy atom. The molecule has 0 aliphatic heterocycles. The number of carbonyl (C=O) groups is 1. The lowest BCUT2D eigenvalue weighted by molar-refractivity contribution is 0.0937. The summed E-state index contributed by atoms with van der Waals surface area (Å²) in [5.74, 6) is 1.49. The maximum absolute atomic E-state index is 12.6. The van der Waals surface area contributed by atoms with E-state index in [0.29, 0.717) is 18.7 Å². The number of benzene rings is 2. The van der Waals surface area contributed by atoms with Crippen molar-refractivity contribution in [1.29, 1.82) is 0 Å². The summed E-state index contributed by atoms with van der Waals surface area (Å²) in [6.07, 6.45) is 5.84. The highest BCUT2D eigenvalue weighted by Crippen LogP contribution is 2.23. The molecule has 0 radical (unpaired) electrons. The summed E-state index contributed by atoms with van der Waals surface area (Å²) < 4.78 is 8.22. The van der Waals surface area contributed by atoms with Gasteiger partial charge in [0.1, 0.15) is 18.2 Å². The lowest BCUT2D eigenvalue weighted by Crippen LogP contribution is -2.29. The quantitative estimate of drug-likeness (QED) is 0.393. The summed E-state index contributed by atoms with van der Waals surface area (Å²) in [7, 11) is 0. The van der Waals surface area contributed by atoms with Crippen molar-refractivity contribution in [3.05, 3.63) is 103 Å². The van der Waals surface area contributed by atoms with Crippen molar-refractivity contribution >= 4 is 16.9 Å². The predicted octanol–water partition coefficient (Wildman–Crippen LogP) is 4.73. The number of pyridine rings is 1. The average molecular weight is 427 g/mol. The topological polar surface area (TPSA) is 69.0 Å². The second-order valence-corrected chi connectivity index (χ2v) is 7.49. The summed E-state index contributed by atoms with van der Waals surface area (Å²) >= 11 is 0. The number of aromatic nitrogens is 3. The molecule has 0 bridgehead atoms. The van der Waals surface area contributed by atoms with Crippen LogP contribution in [0.25, 0.3) is 11.0 Å². The van der Waals surface area contributed by atoms with Gasteiger partial charge in [0.25, 0.3) is 5.91 Å². The number of ether oxygens (including phenoxy) is 1. The van der Waals surface area contributed by atoms with Crippen LogP contribution in [0.5, 0.6) is 5.75 Å². The first-order valence-electron chi connectivity index (χ1n) is 10.6. The van der Waals surface area contributed by atoms with Crippen molar-refractivity contribution in [1.82, 2.24) is 19.9 Å². The van der Waals surface area contributed by atoms with Gasteiger partial charge < -0.3 is 14.6 Å². The molecule has 6 nitrogen and oxygen atoms in total. The Kier molecular flexibility index (Phi) is 6.60. The third-order valence-corrected chi connectivity index (χ3v) is 5.27. The van der Waals surface area contributed by atoms with Crippen LogP contribution in [0, 0.1) is 0 Å². The molecule has 4 rings (SSSR count). The number of allylic oxidation sites excluding steroid dienone is 1. The molecule has 2 aromatic carbocycles. The first-order valence-corrected chi connectivity index (χ1v) is 10.6. The van der Waals surface area contributed by atoms with Gasteiger partial charge in [-0.1, -0.05) is 36.4 Å². The smallest absolute Gasteiger partial charge is 0.251 e. The van der Waals surface area contributed by atoms with E-state index in [1.165, 1.54) is 0 Å². The average Bonchev–Trinajstić information content (AvgIpc) is 3.20. The molecule has 1 N–H and O–H groups in total. The van der Waals surface area contributed by atoms with E-state index in [9.17, 15) is 4.79 Å². The number of para-hydroxylation sites is 3. The molecule has 4 aromatic rings. The van der Waals surface area contributed by atoms with Gasteiger partial charge in [-0.15, -0.1) is 6.58 Å². The molecule has 162 valence electrons. The molecule has 0 aliphatic rings. The van der Waals surface area contributed by atoms with Gasteiger partial charge in [-0.25, -0.2) is 4.98 Å². The van der Waals surface area contributed by atoms with Gasteiger partial charge in [0.15, 0.2) is 0 Å². The Labute approximate surface area is 187 Å². The minimum atomic E-state index is -0.281. The fraction of sp³-hybridized carbons (Fsp3) is 0.192. The highest BCUT2D eigenvalue weighted by Gasteiger charge is 2.19. The number of fused-ring (bicyclic) bond motifs is 1. The molecular weight excluding hydrogens is 400 g/mol. The minimum Gasteiger partial charge on any atom is -0.491 e. The van der Waals surface area contributed by atoms with E-state index in [1.54, 1.807) is 24.5 Å². The SMILES string of the molecule is C=CCc1ccccc1OCCn1c(C(C)NC(=O)c2ccncc2)nc2ccccc21. The molecule has 0 saturated carbocycles. The summed E-state index contributed by atoms with van der Waals surface area (Å²) in [5, 5.41) is 3.05. The molecule has 0 aliphatic carbocycles. The number of nitrogens with one attached hydrogen (secondary N) is 1. The predicted molar refractivity (Wildman–Crippen MR) is 126 cm³/mol. The lowest BCUT2D eigenvalue weighted by atomic mass is 10.1. The second kappa shape index (κ2) is 9.92. The number of amides is 1. The normalized spacial score (nSPS) is 11.8. The first-order chi connectivity index (χ1) is 15.7. The number of rotatable bonds is 9. The fourth-order valence-corrected chi connectivity index (χ4v) is 3.72. The Bertz CT molecular complexity index is 1220. The molecule has 1 amide bonds.